The van der Waals surface area contributed by atoms with Crippen LogP contribution in [0.1, 0.15) is 0 Å². The van der Waals surface area contributed by atoms with E-state index in [4.69, 9.17) is 30.5 Å². The fourth-order valence-electron chi connectivity index (χ4n) is 0.718. The summed E-state index contributed by atoms with van der Waals surface area (Å²) in [6.07, 6.45) is -2.08. The van der Waals surface area contributed by atoms with Gasteiger partial charge < -0.3 is 24.9 Å². The molecule has 0 saturated carbocycles. The van der Waals surface area contributed by atoms with E-state index < -0.39 is 33.2 Å². The number of hydrogen-bond acceptors (Lipinski definition) is 6. The van der Waals surface area contributed by atoms with E-state index in [1.807, 2.05) is 0 Å². The topological polar surface area (TPSA) is 142 Å². The van der Waals surface area contributed by atoms with E-state index in [1.54, 1.807) is 0 Å². The van der Waals surface area contributed by atoms with Crippen LogP contribution in [-0.2, 0) is 13.8 Å². The third-order valence-electron chi connectivity index (χ3n) is 1.33. The van der Waals surface area contributed by atoms with E-state index in [0.717, 1.165) is 0 Å². The molecule has 92 valence electrons. The van der Waals surface area contributed by atoms with Gasteiger partial charge >= 0.3 is 7.75 Å². The van der Waals surface area contributed by atoms with Crippen LogP contribution in [0.2, 0.25) is 0 Å². The number of hydrogen-bond donors (Lipinski definition) is 5. The Morgan fingerprint density at radius 2 is 1.87 bits per heavy atom. The highest BCUT2D eigenvalue weighted by molar-refractivity contribution is 7.50. The summed E-state index contributed by atoms with van der Waals surface area (Å²) in [6.45, 7) is -1.39. The zero-order valence-corrected chi connectivity index (χ0v) is 8.92. The molecule has 0 aliphatic heterocycles. The lowest BCUT2D eigenvalue weighted by Gasteiger charge is -2.17. The van der Waals surface area contributed by atoms with Crippen LogP contribution >= 0.6 is 7.75 Å². The van der Waals surface area contributed by atoms with Gasteiger partial charge in [-0.2, -0.15) is 0 Å². The monoisotopic (exact) mass is 245 g/mol. The van der Waals surface area contributed by atoms with Gasteiger partial charge in [-0.1, -0.05) is 0 Å². The lowest BCUT2D eigenvalue weighted by Crippen LogP contribution is -2.28. The van der Waals surface area contributed by atoms with Crippen molar-refractivity contribution in [3.05, 3.63) is 0 Å². The minimum atomic E-state index is -4.16. The third kappa shape index (κ3) is 8.91. The number of rotatable bonds is 8. The molecule has 3 atom stereocenters. The molecule has 0 amide bonds. The molecule has 15 heavy (non-hydrogen) atoms. The summed E-state index contributed by atoms with van der Waals surface area (Å²) in [4.78, 5) is 8.63. The van der Waals surface area contributed by atoms with Crippen LogP contribution in [0.3, 0.4) is 0 Å². The summed E-state index contributed by atoms with van der Waals surface area (Å²) >= 11 is 0. The third-order valence-corrected chi connectivity index (χ3v) is 1.93. The Bertz CT molecular complexity index is 208. The first kappa shape index (κ1) is 14.9. The van der Waals surface area contributed by atoms with Gasteiger partial charge in [0.05, 0.1) is 26.4 Å². The van der Waals surface area contributed by atoms with Gasteiger partial charge in [-0.3, -0.25) is 4.52 Å². The molecule has 0 spiro atoms. The Kier molecular flexibility index (Phi) is 7.24. The van der Waals surface area contributed by atoms with Crippen molar-refractivity contribution in [2.45, 2.75) is 12.2 Å². The Labute approximate surface area is 86.8 Å². The van der Waals surface area contributed by atoms with Crippen LogP contribution in [0, 0.1) is 0 Å². The van der Waals surface area contributed by atoms with Crippen molar-refractivity contribution >= 4 is 7.75 Å². The van der Waals surface area contributed by atoms with E-state index in [9.17, 15) is 4.57 Å². The second-order valence-electron chi connectivity index (χ2n) is 2.85. The van der Waals surface area contributed by atoms with Gasteiger partial charge in [0.15, 0.2) is 0 Å². The highest BCUT2D eigenvalue weighted by Crippen LogP contribution is 2.32. The van der Waals surface area contributed by atoms with Gasteiger partial charge in [-0.05, 0) is 0 Å². The second-order valence-corrected chi connectivity index (χ2v) is 4.19. The minimum Gasteiger partial charge on any atom is -0.394 e. The van der Waals surface area contributed by atoms with Crippen LogP contribution in [0.25, 0.3) is 0 Å². The fraction of sp³-hybridized carbons (Fsp3) is 1.00. The molecule has 0 aromatic carbocycles. The summed E-state index contributed by atoms with van der Waals surface area (Å²) in [6, 6.07) is 0. The van der Waals surface area contributed by atoms with E-state index >= 15 is 0 Å². The Morgan fingerprint density at radius 3 is 2.27 bits per heavy atom. The molecule has 0 fully saturated rings. The lowest BCUT2D eigenvalue weighted by atomic mass is 10.4. The van der Waals surface area contributed by atoms with Gasteiger partial charge in [-0.25, -0.2) is 10.1 Å². The van der Waals surface area contributed by atoms with Crippen molar-refractivity contribution in [1.29, 1.82) is 0 Å². The van der Waals surface area contributed by atoms with Gasteiger partial charge in [-0.15, -0.1) is 0 Å². The first-order valence-corrected chi connectivity index (χ1v) is 5.81. The van der Waals surface area contributed by atoms with Gasteiger partial charge in [0, 0.05) is 0 Å². The van der Waals surface area contributed by atoms with Crippen LogP contribution in [-0.4, -0.2) is 58.8 Å². The number of aliphatic hydroxyl groups is 3. The zero-order chi connectivity index (χ0) is 11.9. The molecule has 3 unspecified atom stereocenters. The normalized spacial score (nSPS) is 19.5. The maximum atomic E-state index is 10.6. The molecule has 0 rings (SSSR count). The highest BCUT2D eigenvalue weighted by Gasteiger charge is 2.20. The van der Waals surface area contributed by atoms with Gasteiger partial charge in [0.25, 0.3) is 0 Å². The first-order chi connectivity index (χ1) is 6.89. The summed E-state index contributed by atoms with van der Waals surface area (Å²) in [7, 11) is -4.16. The molecule has 8 nitrogen and oxygen atoms in total. The van der Waals surface area contributed by atoms with Crippen LogP contribution < -0.4 is 5.50 Å². The zero-order valence-electron chi connectivity index (χ0n) is 8.02. The van der Waals surface area contributed by atoms with Gasteiger partial charge in [0.1, 0.15) is 12.2 Å². The van der Waals surface area contributed by atoms with Crippen LogP contribution in [0.4, 0.5) is 0 Å². The summed E-state index contributed by atoms with van der Waals surface area (Å²) in [5.74, 6) is 0. The van der Waals surface area contributed by atoms with Crippen molar-refractivity contribution in [1.82, 2.24) is 0 Å². The average Bonchev–Trinajstić information content (AvgIpc) is 2.14. The smallest absolute Gasteiger partial charge is 0.394 e. The molecule has 0 heterocycles. The predicted molar refractivity (Wildman–Crippen MR) is 49.9 cm³/mol. The second kappa shape index (κ2) is 7.26. The van der Waals surface area contributed by atoms with Gasteiger partial charge in [0.2, 0.25) is 0 Å². The first-order valence-electron chi connectivity index (χ1n) is 4.16. The Balaban J connectivity index is 3.76. The molecule has 0 saturated heterocycles. The molecule has 9 heteroatoms. The van der Waals surface area contributed by atoms with Crippen LogP contribution in [0.5, 0.6) is 0 Å². The van der Waals surface area contributed by atoms with Crippen molar-refractivity contribution in [2.24, 2.45) is 5.50 Å². The summed E-state index contributed by atoms with van der Waals surface area (Å²) in [5.41, 5.74) is 4.70. The molecule has 0 aromatic heterocycles. The molecule has 0 aliphatic carbocycles. The molecule has 0 radical (unpaired) electrons. The standard InChI is InChI=1S/C6H16NO7P/c7-15(11,12)14-6(2-9)4-13-3-5(10)1-8/h5-6,8-10H,1-4H2,(H3,7,11,12). The Hall–Kier alpha value is -0.0500. The molecular formula is C6H16NO7P. The number of aliphatic hydroxyl groups excluding tert-OH is 3. The van der Waals surface area contributed by atoms with E-state index in [1.165, 1.54) is 0 Å². The summed E-state index contributed by atoms with van der Waals surface area (Å²) in [5, 5.41) is 26.0. The van der Waals surface area contributed by atoms with Crippen LogP contribution in [0.15, 0.2) is 0 Å². The predicted octanol–water partition coefficient (Wildman–Crippen LogP) is -2.21. The van der Waals surface area contributed by atoms with Crippen molar-refractivity contribution < 1.29 is 34.0 Å². The molecule has 0 aromatic rings. The molecule has 0 aliphatic rings. The lowest BCUT2D eigenvalue weighted by molar-refractivity contribution is -0.0314. The number of nitrogens with two attached hydrogens (primary N) is 1. The molecule has 0 bridgehead atoms. The quantitative estimate of drug-likeness (QED) is 0.303. The maximum Gasteiger partial charge on any atom is 0.400 e. The van der Waals surface area contributed by atoms with Crippen molar-refractivity contribution in [3.8, 4) is 0 Å². The molecule has 6 N–H and O–H groups in total. The number of ether oxygens (including phenoxy) is 1. The van der Waals surface area contributed by atoms with E-state index in [0.29, 0.717) is 0 Å². The van der Waals surface area contributed by atoms with E-state index in [-0.39, 0.29) is 13.2 Å². The van der Waals surface area contributed by atoms with Crippen molar-refractivity contribution in [3.63, 3.8) is 0 Å². The summed E-state index contributed by atoms with van der Waals surface area (Å²) < 4.78 is 19.8. The largest absolute Gasteiger partial charge is 0.400 e. The maximum absolute atomic E-state index is 10.6. The highest BCUT2D eigenvalue weighted by atomic mass is 31.2. The minimum absolute atomic E-state index is 0.170. The molecular weight excluding hydrogens is 229 g/mol. The average molecular weight is 245 g/mol. The fourth-order valence-corrected chi connectivity index (χ4v) is 1.27. The SMILES string of the molecule is NP(=O)(O)OC(CO)COCC(O)CO. The van der Waals surface area contributed by atoms with E-state index in [2.05, 4.69) is 4.52 Å². The van der Waals surface area contributed by atoms with Crippen molar-refractivity contribution in [2.75, 3.05) is 26.4 Å². The Morgan fingerprint density at radius 1 is 1.27 bits per heavy atom.